The third-order valence-corrected chi connectivity index (χ3v) is 3.84. The number of fused-ring (bicyclic) bond motifs is 1. The van der Waals surface area contributed by atoms with Crippen molar-refractivity contribution in [3.05, 3.63) is 17.7 Å². The molecule has 1 fully saturated rings. The van der Waals surface area contributed by atoms with Crippen LogP contribution in [-0.4, -0.2) is 24.4 Å². The first-order chi connectivity index (χ1) is 9.27. The van der Waals surface area contributed by atoms with E-state index in [1.807, 2.05) is 0 Å². The lowest BCUT2D eigenvalue weighted by Crippen LogP contribution is -2.24. The van der Waals surface area contributed by atoms with Gasteiger partial charge in [-0.25, -0.2) is 4.79 Å². The largest absolute Gasteiger partial charge is 0.507 e. The van der Waals surface area contributed by atoms with E-state index in [-0.39, 0.29) is 5.75 Å². The van der Waals surface area contributed by atoms with Crippen molar-refractivity contribution in [1.82, 2.24) is 0 Å². The average molecular weight is 261 g/mol. The molecule has 1 aromatic carbocycles. The van der Waals surface area contributed by atoms with Gasteiger partial charge in [0.25, 0.3) is 0 Å². The summed E-state index contributed by atoms with van der Waals surface area (Å²) >= 11 is 0. The van der Waals surface area contributed by atoms with E-state index in [9.17, 15) is 9.90 Å². The van der Waals surface area contributed by atoms with Crippen LogP contribution in [0, 0.1) is 0 Å². The lowest BCUT2D eigenvalue weighted by Gasteiger charge is -2.29. The van der Waals surface area contributed by atoms with E-state index in [0.29, 0.717) is 30.3 Å². The van der Waals surface area contributed by atoms with Crippen molar-refractivity contribution >= 4 is 6.08 Å². The Hall–Kier alpha value is -2.00. The smallest absolute Gasteiger partial charge is 0.235 e. The van der Waals surface area contributed by atoms with Crippen LogP contribution >= 0.6 is 0 Å². The number of phenolic OH excluding ortho intramolecular Hbond substituents is 1. The first-order valence-electron chi connectivity index (χ1n) is 6.48. The molecule has 5 nitrogen and oxygen atoms in total. The van der Waals surface area contributed by atoms with Crippen LogP contribution < -0.4 is 9.47 Å². The molecule has 5 heteroatoms. The fourth-order valence-electron chi connectivity index (χ4n) is 3.02. The zero-order valence-electron chi connectivity index (χ0n) is 10.5. The molecule has 0 amide bonds. The Balaban J connectivity index is 2.20. The van der Waals surface area contributed by atoms with E-state index in [2.05, 4.69) is 4.99 Å². The van der Waals surface area contributed by atoms with Crippen molar-refractivity contribution in [1.29, 1.82) is 0 Å². The molecule has 0 radical (unpaired) electrons. The van der Waals surface area contributed by atoms with Crippen molar-refractivity contribution in [3.63, 3.8) is 0 Å². The molecule has 1 aromatic rings. The van der Waals surface area contributed by atoms with E-state index >= 15 is 0 Å². The molecule has 19 heavy (non-hydrogen) atoms. The van der Waals surface area contributed by atoms with Crippen LogP contribution in [0.4, 0.5) is 0 Å². The molecule has 2 aliphatic rings. The SMILES string of the molecule is O=C=NC1(c2c(O)ccc3c2OCCO3)CCCC1. The molecule has 0 aromatic heterocycles. The lowest BCUT2D eigenvalue weighted by molar-refractivity contribution is 0.165. The van der Waals surface area contributed by atoms with Gasteiger partial charge in [-0.15, -0.1) is 0 Å². The van der Waals surface area contributed by atoms with Gasteiger partial charge in [0.1, 0.15) is 24.5 Å². The molecular formula is C14H15NO4. The fourth-order valence-corrected chi connectivity index (χ4v) is 3.02. The Morgan fingerprint density at radius 1 is 1.21 bits per heavy atom. The second-order valence-corrected chi connectivity index (χ2v) is 4.93. The third kappa shape index (κ3) is 1.87. The number of aromatic hydroxyl groups is 1. The summed E-state index contributed by atoms with van der Waals surface area (Å²) in [6, 6.07) is 3.25. The monoisotopic (exact) mass is 261 g/mol. The Morgan fingerprint density at radius 2 is 1.95 bits per heavy atom. The molecule has 1 heterocycles. The summed E-state index contributed by atoms with van der Waals surface area (Å²) in [5.41, 5.74) is -0.136. The topological polar surface area (TPSA) is 68.1 Å². The molecule has 0 saturated heterocycles. The number of phenols is 1. The zero-order chi connectivity index (χ0) is 13.3. The predicted octanol–water partition coefficient (Wildman–Crippen LogP) is 2.27. The molecular weight excluding hydrogens is 246 g/mol. The molecule has 3 rings (SSSR count). The van der Waals surface area contributed by atoms with Gasteiger partial charge in [-0.05, 0) is 25.0 Å². The van der Waals surface area contributed by atoms with Gasteiger partial charge in [0.15, 0.2) is 11.5 Å². The van der Waals surface area contributed by atoms with Crippen LogP contribution in [0.2, 0.25) is 0 Å². The van der Waals surface area contributed by atoms with Gasteiger partial charge in [-0.3, -0.25) is 0 Å². The first-order valence-corrected chi connectivity index (χ1v) is 6.48. The van der Waals surface area contributed by atoms with E-state index in [0.717, 1.165) is 25.7 Å². The van der Waals surface area contributed by atoms with Crippen molar-refractivity contribution in [2.45, 2.75) is 31.2 Å². The fraction of sp³-hybridized carbons (Fsp3) is 0.500. The number of isocyanates is 1. The number of nitrogens with zero attached hydrogens (tertiary/aromatic N) is 1. The molecule has 0 atom stereocenters. The van der Waals surface area contributed by atoms with E-state index in [1.54, 1.807) is 18.2 Å². The summed E-state index contributed by atoms with van der Waals surface area (Å²) in [6.07, 6.45) is 5.02. The minimum Gasteiger partial charge on any atom is -0.507 e. The summed E-state index contributed by atoms with van der Waals surface area (Å²) in [5.74, 6) is 1.23. The van der Waals surface area contributed by atoms with E-state index in [1.165, 1.54) is 0 Å². The highest BCUT2D eigenvalue weighted by atomic mass is 16.6. The molecule has 0 bridgehead atoms. The molecule has 0 spiro atoms. The average Bonchev–Trinajstić information content (AvgIpc) is 2.88. The molecule has 1 aliphatic heterocycles. The number of carbonyl (C=O) groups excluding carboxylic acids is 1. The number of aliphatic imine (C=N–C) groups is 1. The second-order valence-electron chi connectivity index (χ2n) is 4.93. The van der Waals surface area contributed by atoms with Gasteiger partial charge in [-0.1, -0.05) is 12.8 Å². The standard InChI is InChI=1S/C14H15NO4/c16-9-15-14(5-1-2-6-14)12-10(17)3-4-11-13(12)19-8-7-18-11/h3-4,17H,1-2,5-8H2. The number of ether oxygens (including phenoxy) is 2. The summed E-state index contributed by atoms with van der Waals surface area (Å²) in [5, 5.41) is 10.2. The molecule has 1 aliphatic carbocycles. The minimum absolute atomic E-state index is 0.102. The lowest BCUT2D eigenvalue weighted by atomic mass is 9.87. The van der Waals surface area contributed by atoms with Crippen LogP contribution in [-0.2, 0) is 10.3 Å². The number of benzene rings is 1. The first kappa shape index (κ1) is 12.1. The summed E-state index contributed by atoms with van der Waals surface area (Å²) in [7, 11) is 0. The number of hydrogen-bond acceptors (Lipinski definition) is 5. The summed E-state index contributed by atoms with van der Waals surface area (Å²) < 4.78 is 11.2. The van der Waals surface area contributed by atoms with Crippen LogP contribution in [0.1, 0.15) is 31.2 Å². The highest BCUT2D eigenvalue weighted by Crippen LogP contribution is 2.52. The number of rotatable bonds is 2. The van der Waals surface area contributed by atoms with Gasteiger partial charge >= 0.3 is 0 Å². The highest BCUT2D eigenvalue weighted by molar-refractivity contribution is 5.58. The minimum atomic E-state index is -0.710. The Kier molecular flexibility index (Phi) is 2.91. The third-order valence-electron chi connectivity index (χ3n) is 3.84. The van der Waals surface area contributed by atoms with Gasteiger partial charge in [0.05, 0.1) is 5.56 Å². The van der Waals surface area contributed by atoms with Gasteiger partial charge in [0.2, 0.25) is 6.08 Å². The van der Waals surface area contributed by atoms with Crippen LogP contribution in [0.5, 0.6) is 17.2 Å². The Morgan fingerprint density at radius 3 is 2.68 bits per heavy atom. The van der Waals surface area contributed by atoms with Crippen LogP contribution in [0.25, 0.3) is 0 Å². The normalized spacial score (nSPS) is 19.8. The zero-order valence-corrected chi connectivity index (χ0v) is 10.5. The molecule has 1 N–H and O–H groups in total. The van der Waals surface area contributed by atoms with Crippen LogP contribution in [0.3, 0.4) is 0 Å². The van der Waals surface area contributed by atoms with E-state index < -0.39 is 5.54 Å². The predicted molar refractivity (Wildman–Crippen MR) is 67.4 cm³/mol. The maximum absolute atomic E-state index is 10.8. The quantitative estimate of drug-likeness (QED) is 0.655. The molecule has 100 valence electrons. The summed E-state index contributed by atoms with van der Waals surface area (Å²) in [6.45, 7) is 0.922. The second kappa shape index (κ2) is 4.59. The molecule has 1 saturated carbocycles. The van der Waals surface area contributed by atoms with Crippen molar-refractivity contribution < 1.29 is 19.4 Å². The maximum atomic E-state index is 10.8. The van der Waals surface area contributed by atoms with Crippen LogP contribution in [0.15, 0.2) is 17.1 Å². The molecule has 0 unspecified atom stereocenters. The van der Waals surface area contributed by atoms with Crippen molar-refractivity contribution in [2.75, 3.05) is 13.2 Å². The van der Waals surface area contributed by atoms with Gasteiger partial charge in [0, 0.05) is 0 Å². The Labute approximate surface area is 110 Å². The van der Waals surface area contributed by atoms with Gasteiger partial charge in [-0.2, -0.15) is 4.99 Å². The van der Waals surface area contributed by atoms with Crippen molar-refractivity contribution in [3.8, 4) is 17.2 Å². The highest BCUT2D eigenvalue weighted by Gasteiger charge is 2.42. The Bertz CT molecular complexity index is 543. The van der Waals surface area contributed by atoms with E-state index in [4.69, 9.17) is 9.47 Å². The number of hydrogen-bond donors (Lipinski definition) is 1. The maximum Gasteiger partial charge on any atom is 0.235 e. The van der Waals surface area contributed by atoms with Gasteiger partial charge < -0.3 is 14.6 Å². The van der Waals surface area contributed by atoms with Crippen molar-refractivity contribution in [2.24, 2.45) is 4.99 Å². The summed E-state index contributed by atoms with van der Waals surface area (Å²) in [4.78, 5) is 14.8.